The molecule has 3 aromatic carbocycles. The van der Waals surface area contributed by atoms with Crippen LogP contribution in [0.4, 0.5) is 26.3 Å². The Labute approximate surface area is 196 Å². The van der Waals surface area contributed by atoms with Gasteiger partial charge in [-0.3, -0.25) is 9.59 Å². The standard InChI is InChI=1S/C24H16F6O4S/c1-13-19(22(32)15-5-9-18(10-6-15)24(28,29)30)11-16(12-20(13)35(2,33)34)21(31)14-3-7-17(8-4-14)23(25,26)27/h3-12H,1-2H3. The van der Waals surface area contributed by atoms with E-state index in [1.54, 1.807) is 0 Å². The van der Waals surface area contributed by atoms with Crippen molar-refractivity contribution >= 4 is 21.4 Å². The molecular formula is C24H16F6O4S. The van der Waals surface area contributed by atoms with E-state index in [0.717, 1.165) is 42.7 Å². The number of alkyl halides is 6. The number of halogens is 6. The summed E-state index contributed by atoms with van der Waals surface area (Å²) in [7, 11) is -3.96. The van der Waals surface area contributed by atoms with Crippen LogP contribution in [0.5, 0.6) is 0 Å². The number of carbonyl (C=O) groups excluding carboxylic acids is 2. The van der Waals surface area contributed by atoms with Gasteiger partial charge < -0.3 is 0 Å². The van der Waals surface area contributed by atoms with E-state index >= 15 is 0 Å². The molecule has 0 bridgehead atoms. The number of hydrogen-bond donors (Lipinski definition) is 0. The van der Waals surface area contributed by atoms with Crippen molar-refractivity contribution in [3.63, 3.8) is 0 Å². The molecule has 0 unspecified atom stereocenters. The molecule has 3 rings (SSSR count). The lowest BCUT2D eigenvalue weighted by Crippen LogP contribution is -2.13. The van der Waals surface area contributed by atoms with E-state index in [1.165, 1.54) is 6.92 Å². The maximum Gasteiger partial charge on any atom is 0.416 e. The van der Waals surface area contributed by atoms with Gasteiger partial charge in [0.1, 0.15) is 0 Å². The Morgan fingerprint density at radius 3 is 1.43 bits per heavy atom. The molecule has 0 heterocycles. The van der Waals surface area contributed by atoms with E-state index < -0.39 is 44.9 Å². The summed E-state index contributed by atoms with van der Waals surface area (Å²) in [5.74, 6) is -1.67. The first kappa shape index (κ1) is 26.1. The van der Waals surface area contributed by atoms with Crippen LogP contribution in [0.25, 0.3) is 0 Å². The molecule has 0 spiro atoms. The zero-order valence-electron chi connectivity index (χ0n) is 18.1. The van der Waals surface area contributed by atoms with Crippen LogP contribution in [-0.2, 0) is 22.2 Å². The van der Waals surface area contributed by atoms with Crippen molar-refractivity contribution in [3.05, 3.63) is 99.6 Å². The fourth-order valence-electron chi connectivity index (χ4n) is 3.38. The molecule has 11 heteroatoms. The Hall–Kier alpha value is -3.47. The van der Waals surface area contributed by atoms with E-state index in [4.69, 9.17) is 0 Å². The summed E-state index contributed by atoms with van der Waals surface area (Å²) in [5.41, 5.74) is -2.91. The van der Waals surface area contributed by atoms with Gasteiger partial charge in [-0.25, -0.2) is 8.42 Å². The molecule has 0 radical (unpaired) electrons. The smallest absolute Gasteiger partial charge is 0.289 e. The third-order valence-corrected chi connectivity index (χ3v) is 6.44. The maximum atomic E-state index is 13.1. The van der Waals surface area contributed by atoms with E-state index in [2.05, 4.69) is 0 Å². The molecule has 184 valence electrons. The number of ketones is 2. The summed E-state index contributed by atoms with van der Waals surface area (Å²) in [5, 5.41) is 0. The summed E-state index contributed by atoms with van der Waals surface area (Å²) in [6.07, 6.45) is -8.42. The van der Waals surface area contributed by atoms with Crippen LogP contribution in [0.1, 0.15) is 48.5 Å². The number of benzene rings is 3. The van der Waals surface area contributed by atoms with E-state index in [9.17, 15) is 44.3 Å². The normalized spacial score (nSPS) is 12.5. The molecule has 0 aliphatic carbocycles. The number of sulfone groups is 1. The second-order valence-corrected chi connectivity index (χ2v) is 9.71. The van der Waals surface area contributed by atoms with Gasteiger partial charge in [-0.05, 0) is 48.9 Å². The molecule has 0 aliphatic rings. The average Bonchev–Trinajstić information content (AvgIpc) is 2.76. The van der Waals surface area contributed by atoms with Crippen molar-refractivity contribution in [3.8, 4) is 0 Å². The van der Waals surface area contributed by atoms with E-state index in [1.807, 2.05) is 0 Å². The molecule has 0 aliphatic heterocycles. The minimum absolute atomic E-state index is 0.0265. The fourth-order valence-corrected chi connectivity index (χ4v) is 4.39. The first-order chi connectivity index (χ1) is 16.0. The van der Waals surface area contributed by atoms with Crippen LogP contribution in [-0.4, -0.2) is 26.2 Å². The van der Waals surface area contributed by atoms with Crippen molar-refractivity contribution < 1.29 is 44.3 Å². The average molecular weight is 514 g/mol. The molecule has 0 amide bonds. The predicted octanol–water partition coefficient (Wildman–Crippen LogP) is 5.90. The lowest BCUT2D eigenvalue weighted by Gasteiger charge is -2.14. The number of carbonyl (C=O) groups is 2. The summed E-state index contributed by atoms with van der Waals surface area (Å²) in [6, 6.07) is 8.53. The van der Waals surface area contributed by atoms with Gasteiger partial charge in [0.2, 0.25) is 0 Å². The third kappa shape index (κ3) is 5.61. The summed E-state index contributed by atoms with van der Waals surface area (Å²) < 4.78 is 102. The molecule has 0 fully saturated rings. The molecule has 0 saturated carbocycles. The SMILES string of the molecule is Cc1c(C(=O)c2ccc(C(F)(F)F)cc2)cc(C(=O)c2ccc(C(F)(F)F)cc2)cc1S(C)(=O)=O. The van der Waals surface area contributed by atoms with E-state index in [0.29, 0.717) is 24.3 Å². The van der Waals surface area contributed by atoms with Crippen molar-refractivity contribution in [1.82, 2.24) is 0 Å². The van der Waals surface area contributed by atoms with Crippen molar-refractivity contribution in [2.75, 3.05) is 6.26 Å². The molecule has 3 aromatic rings. The molecule has 0 atom stereocenters. The van der Waals surface area contributed by atoms with Gasteiger partial charge in [0.05, 0.1) is 16.0 Å². The van der Waals surface area contributed by atoms with Crippen molar-refractivity contribution in [2.24, 2.45) is 0 Å². The quantitative estimate of drug-likeness (QED) is 0.314. The minimum atomic E-state index is -4.63. The Kier molecular flexibility index (Phi) is 6.69. The van der Waals surface area contributed by atoms with E-state index in [-0.39, 0.29) is 32.7 Å². The zero-order valence-corrected chi connectivity index (χ0v) is 18.9. The maximum absolute atomic E-state index is 13.1. The minimum Gasteiger partial charge on any atom is -0.289 e. The van der Waals surface area contributed by atoms with Crippen molar-refractivity contribution in [1.29, 1.82) is 0 Å². The fraction of sp³-hybridized carbons (Fsp3) is 0.167. The van der Waals surface area contributed by atoms with Crippen molar-refractivity contribution in [2.45, 2.75) is 24.2 Å². The first-order valence-corrected chi connectivity index (χ1v) is 11.7. The van der Waals surface area contributed by atoms with Gasteiger partial charge in [-0.1, -0.05) is 24.3 Å². The van der Waals surface area contributed by atoms with Gasteiger partial charge in [0.15, 0.2) is 21.4 Å². The first-order valence-electron chi connectivity index (χ1n) is 9.79. The van der Waals surface area contributed by atoms with Crippen LogP contribution < -0.4 is 0 Å². The largest absolute Gasteiger partial charge is 0.416 e. The summed E-state index contributed by atoms with van der Waals surface area (Å²) in [4.78, 5) is 25.6. The molecule has 4 nitrogen and oxygen atoms in total. The van der Waals surface area contributed by atoms with Gasteiger partial charge in [0, 0.05) is 28.5 Å². The third-order valence-electron chi connectivity index (χ3n) is 5.22. The Bertz CT molecular complexity index is 1400. The van der Waals surface area contributed by atoms with Gasteiger partial charge in [-0.2, -0.15) is 26.3 Å². The van der Waals surface area contributed by atoms with Crippen LogP contribution >= 0.6 is 0 Å². The Morgan fingerprint density at radius 2 is 1.06 bits per heavy atom. The Morgan fingerprint density at radius 1 is 0.657 bits per heavy atom. The lowest BCUT2D eigenvalue weighted by molar-refractivity contribution is -0.138. The summed E-state index contributed by atoms with van der Waals surface area (Å²) in [6.45, 7) is 1.31. The van der Waals surface area contributed by atoms with Gasteiger partial charge in [0.25, 0.3) is 0 Å². The monoisotopic (exact) mass is 514 g/mol. The highest BCUT2D eigenvalue weighted by molar-refractivity contribution is 7.90. The highest BCUT2D eigenvalue weighted by atomic mass is 32.2. The summed E-state index contributed by atoms with van der Waals surface area (Å²) >= 11 is 0. The molecule has 0 N–H and O–H groups in total. The molecule has 35 heavy (non-hydrogen) atoms. The molecule has 0 aromatic heterocycles. The lowest BCUT2D eigenvalue weighted by atomic mass is 9.93. The highest BCUT2D eigenvalue weighted by Gasteiger charge is 2.31. The molecule has 0 saturated heterocycles. The number of hydrogen-bond acceptors (Lipinski definition) is 4. The van der Waals surface area contributed by atoms with Crippen LogP contribution in [0.15, 0.2) is 65.6 Å². The topological polar surface area (TPSA) is 68.3 Å². The predicted molar refractivity (Wildman–Crippen MR) is 114 cm³/mol. The second-order valence-electron chi connectivity index (χ2n) is 7.73. The number of rotatable bonds is 5. The molecular weight excluding hydrogens is 498 g/mol. The van der Waals surface area contributed by atoms with Crippen LogP contribution in [0.3, 0.4) is 0 Å². The second kappa shape index (κ2) is 8.95. The zero-order chi connectivity index (χ0) is 26.3. The van der Waals surface area contributed by atoms with Crippen LogP contribution in [0.2, 0.25) is 0 Å². The highest BCUT2D eigenvalue weighted by Crippen LogP contribution is 2.32. The van der Waals surface area contributed by atoms with Crippen LogP contribution in [0, 0.1) is 6.92 Å². The Balaban J connectivity index is 2.11. The van der Waals surface area contributed by atoms with Gasteiger partial charge >= 0.3 is 12.4 Å². The van der Waals surface area contributed by atoms with Gasteiger partial charge in [-0.15, -0.1) is 0 Å².